The molecule has 2 aliphatic rings. The molecule has 5 nitrogen and oxygen atoms in total. The molecule has 2 aromatic rings. The van der Waals surface area contributed by atoms with Crippen LogP contribution in [0.25, 0.3) is 0 Å². The van der Waals surface area contributed by atoms with Crippen molar-refractivity contribution < 1.29 is 9.59 Å². The number of nitrogens with one attached hydrogen (secondary N) is 1. The Hall–Kier alpha value is -2.34. The predicted octanol–water partition coefficient (Wildman–Crippen LogP) is 2.80. The van der Waals surface area contributed by atoms with E-state index < -0.39 is 0 Å². The molecule has 0 atom stereocenters. The minimum absolute atomic E-state index is 0.110. The van der Waals surface area contributed by atoms with E-state index in [9.17, 15) is 9.59 Å². The first kappa shape index (κ1) is 16.1. The van der Waals surface area contributed by atoms with Crippen LogP contribution in [-0.2, 0) is 24.2 Å². The van der Waals surface area contributed by atoms with Gasteiger partial charge in [-0.3, -0.25) is 9.69 Å². The summed E-state index contributed by atoms with van der Waals surface area (Å²) in [7, 11) is 0. The van der Waals surface area contributed by atoms with Crippen LogP contribution >= 0.6 is 11.3 Å². The molecule has 0 bridgehead atoms. The van der Waals surface area contributed by atoms with Gasteiger partial charge in [0.25, 0.3) is 0 Å². The zero-order chi connectivity index (χ0) is 17.2. The van der Waals surface area contributed by atoms with Crippen LogP contribution < -0.4 is 10.2 Å². The van der Waals surface area contributed by atoms with Crippen molar-refractivity contribution in [2.45, 2.75) is 25.8 Å². The Morgan fingerprint density at radius 3 is 2.88 bits per heavy atom. The third kappa shape index (κ3) is 3.26. The van der Waals surface area contributed by atoms with Crippen molar-refractivity contribution in [2.75, 3.05) is 24.5 Å². The number of hydrogen-bond acceptors (Lipinski definition) is 3. The number of benzene rings is 1. The van der Waals surface area contributed by atoms with Crippen LogP contribution in [-0.4, -0.2) is 36.5 Å². The summed E-state index contributed by atoms with van der Waals surface area (Å²) in [5.41, 5.74) is 3.45. The summed E-state index contributed by atoms with van der Waals surface area (Å²) in [6, 6.07) is 9.96. The van der Waals surface area contributed by atoms with Crippen LogP contribution in [0.4, 0.5) is 10.5 Å². The zero-order valence-electron chi connectivity index (χ0n) is 14.0. The smallest absolute Gasteiger partial charge is 0.321 e. The Morgan fingerprint density at radius 2 is 1.96 bits per heavy atom. The maximum Gasteiger partial charge on any atom is 0.321 e. The standard InChI is InChI=1S/C19H21N3O2S/c23-18(21-10-7-17-15(13-21)8-12-25-17)5-9-20-19(24)22-11-6-14-3-1-2-4-16(14)22/h1-4,8,12H,5-7,9-11,13H2,(H,20,24). The normalized spacial score (nSPS) is 15.7. The van der Waals surface area contributed by atoms with Gasteiger partial charge in [-0.2, -0.15) is 0 Å². The average molecular weight is 355 g/mol. The summed E-state index contributed by atoms with van der Waals surface area (Å²) < 4.78 is 0. The lowest BCUT2D eigenvalue weighted by molar-refractivity contribution is -0.131. The van der Waals surface area contributed by atoms with Gasteiger partial charge in [-0.25, -0.2) is 4.79 Å². The highest BCUT2D eigenvalue weighted by Crippen LogP contribution is 2.27. The number of para-hydroxylation sites is 1. The molecule has 0 saturated carbocycles. The molecule has 1 N–H and O–H groups in total. The number of thiophene rings is 1. The largest absolute Gasteiger partial charge is 0.338 e. The number of nitrogens with zero attached hydrogens (tertiary/aromatic N) is 2. The number of urea groups is 1. The lowest BCUT2D eigenvalue weighted by Crippen LogP contribution is -2.41. The summed E-state index contributed by atoms with van der Waals surface area (Å²) in [5.74, 6) is 0.110. The number of rotatable bonds is 3. The van der Waals surface area contributed by atoms with Crippen LogP contribution in [0.3, 0.4) is 0 Å². The van der Waals surface area contributed by atoms with Crippen LogP contribution in [0.2, 0.25) is 0 Å². The van der Waals surface area contributed by atoms with Crippen molar-refractivity contribution in [3.05, 3.63) is 51.7 Å². The third-order valence-corrected chi connectivity index (χ3v) is 5.93. The first-order valence-electron chi connectivity index (χ1n) is 8.68. The van der Waals surface area contributed by atoms with Crippen LogP contribution in [0.15, 0.2) is 35.7 Å². The maximum absolute atomic E-state index is 12.4. The van der Waals surface area contributed by atoms with Gasteiger partial charge in [-0.05, 0) is 41.5 Å². The van der Waals surface area contributed by atoms with Gasteiger partial charge in [0.2, 0.25) is 5.91 Å². The molecule has 0 spiro atoms. The minimum Gasteiger partial charge on any atom is -0.338 e. The van der Waals surface area contributed by atoms with Crippen LogP contribution in [0, 0.1) is 0 Å². The van der Waals surface area contributed by atoms with E-state index in [2.05, 4.69) is 22.8 Å². The Labute approximate surface area is 151 Å². The summed E-state index contributed by atoms with van der Waals surface area (Å²) in [6.07, 6.45) is 2.18. The fourth-order valence-electron chi connectivity index (χ4n) is 3.54. The summed E-state index contributed by atoms with van der Waals surface area (Å²) in [5, 5.41) is 4.98. The number of hydrogen-bond donors (Lipinski definition) is 1. The molecule has 3 amide bonds. The Morgan fingerprint density at radius 1 is 1.08 bits per heavy atom. The van der Waals surface area contributed by atoms with Crippen molar-refractivity contribution in [3.63, 3.8) is 0 Å². The second kappa shape index (κ2) is 6.88. The highest BCUT2D eigenvalue weighted by Gasteiger charge is 2.25. The topological polar surface area (TPSA) is 52.7 Å². The van der Waals surface area contributed by atoms with E-state index in [4.69, 9.17) is 0 Å². The molecule has 1 aromatic heterocycles. The highest BCUT2D eigenvalue weighted by atomic mass is 32.1. The van der Waals surface area contributed by atoms with E-state index in [1.807, 2.05) is 23.1 Å². The fraction of sp³-hybridized carbons (Fsp3) is 0.368. The summed E-state index contributed by atoms with van der Waals surface area (Å²) in [6.45, 7) is 2.56. The third-order valence-electron chi connectivity index (χ3n) is 4.91. The molecule has 25 heavy (non-hydrogen) atoms. The van der Waals surface area contributed by atoms with E-state index in [1.165, 1.54) is 16.0 Å². The van der Waals surface area contributed by atoms with E-state index in [0.717, 1.165) is 25.1 Å². The first-order valence-corrected chi connectivity index (χ1v) is 9.56. The number of amides is 3. The Balaban J connectivity index is 1.27. The quantitative estimate of drug-likeness (QED) is 0.920. The molecule has 0 fully saturated rings. The second-order valence-corrected chi connectivity index (χ2v) is 7.45. The Bertz CT molecular complexity index is 801. The van der Waals surface area contributed by atoms with Crippen molar-refractivity contribution in [2.24, 2.45) is 0 Å². The molecule has 0 radical (unpaired) electrons. The number of fused-ring (bicyclic) bond motifs is 2. The lowest BCUT2D eigenvalue weighted by Gasteiger charge is -2.27. The molecular weight excluding hydrogens is 334 g/mol. The van der Waals surface area contributed by atoms with Gasteiger partial charge in [0.15, 0.2) is 0 Å². The molecule has 3 heterocycles. The van der Waals surface area contributed by atoms with Gasteiger partial charge in [0, 0.05) is 43.2 Å². The molecule has 0 saturated heterocycles. The van der Waals surface area contributed by atoms with Crippen molar-refractivity contribution in [1.29, 1.82) is 0 Å². The molecule has 1 aromatic carbocycles. The number of carbonyl (C=O) groups is 2. The van der Waals surface area contributed by atoms with Gasteiger partial charge in [-0.1, -0.05) is 18.2 Å². The first-order chi connectivity index (χ1) is 12.2. The van der Waals surface area contributed by atoms with Crippen molar-refractivity contribution in [1.82, 2.24) is 10.2 Å². The van der Waals surface area contributed by atoms with E-state index in [0.29, 0.717) is 26.1 Å². The van der Waals surface area contributed by atoms with Gasteiger partial charge < -0.3 is 10.2 Å². The van der Waals surface area contributed by atoms with Crippen molar-refractivity contribution in [3.8, 4) is 0 Å². The lowest BCUT2D eigenvalue weighted by atomic mass is 10.1. The molecule has 130 valence electrons. The molecule has 2 aliphatic heterocycles. The predicted molar refractivity (Wildman–Crippen MR) is 98.9 cm³/mol. The van der Waals surface area contributed by atoms with E-state index in [-0.39, 0.29) is 11.9 Å². The molecule has 4 rings (SSSR count). The van der Waals surface area contributed by atoms with Crippen molar-refractivity contribution >= 4 is 29.0 Å². The monoisotopic (exact) mass is 355 g/mol. The maximum atomic E-state index is 12.4. The minimum atomic E-state index is -0.114. The van der Waals surface area contributed by atoms with Gasteiger partial charge >= 0.3 is 6.03 Å². The summed E-state index contributed by atoms with van der Waals surface area (Å²) in [4.78, 5) is 29.8. The van der Waals surface area contributed by atoms with Gasteiger partial charge in [0.1, 0.15) is 0 Å². The zero-order valence-corrected chi connectivity index (χ0v) is 14.8. The average Bonchev–Trinajstić information content (AvgIpc) is 3.27. The second-order valence-electron chi connectivity index (χ2n) is 6.45. The molecule has 0 aliphatic carbocycles. The number of anilines is 1. The number of carbonyl (C=O) groups excluding carboxylic acids is 2. The van der Waals surface area contributed by atoms with Gasteiger partial charge in [0.05, 0.1) is 0 Å². The molecule has 6 heteroatoms. The fourth-order valence-corrected chi connectivity index (χ4v) is 4.43. The van der Waals surface area contributed by atoms with Gasteiger partial charge in [-0.15, -0.1) is 11.3 Å². The summed E-state index contributed by atoms with van der Waals surface area (Å²) >= 11 is 1.77. The van der Waals surface area contributed by atoms with E-state index in [1.54, 1.807) is 16.2 Å². The van der Waals surface area contributed by atoms with E-state index >= 15 is 0 Å². The SMILES string of the molecule is O=C(CCNC(=O)N1CCc2ccccc21)N1CCc2sccc2C1. The molecular formula is C19H21N3O2S. The molecule has 0 unspecified atom stereocenters. The highest BCUT2D eigenvalue weighted by molar-refractivity contribution is 7.10. The van der Waals surface area contributed by atoms with Crippen LogP contribution in [0.5, 0.6) is 0 Å². The van der Waals surface area contributed by atoms with Crippen LogP contribution in [0.1, 0.15) is 22.4 Å². The Kier molecular flexibility index (Phi) is 4.44.